The van der Waals surface area contributed by atoms with Crippen LogP contribution in [0.1, 0.15) is 25.0 Å². The van der Waals surface area contributed by atoms with Gasteiger partial charge in [-0.1, -0.05) is 0 Å². The summed E-state index contributed by atoms with van der Waals surface area (Å²) < 4.78 is 21.4. The van der Waals surface area contributed by atoms with Crippen molar-refractivity contribution >= 4 is 24.0 Å². The van der Waals surface area contributed by atoms with E-state index in [9.17, 15) is 19.2 Å². The van der Waals surface area contributed by atoms with Gasteiger partial charge in [0.15, 0.2) is 0 Å². The van der Waals surface area contributed by atoms with Crippen molar-refractivity contribution in [3.05, 3.63) is 23.3 Å². The average Bonchev–Trinajstić information content (AvgIpc) is 3.06. The van der Waals surface area contributed by atoms with Crippen molar-refractivity contribution in [2.24, 2.45) is 0 Å². The first-order valence-corrected chi connectivity index (χ1v) is 10.1. The first-order valence-electron chi connectivity index (χ1n) is 10.1. The predicted molar refractivity (Wildman–Crippen MR) is 106 cm³/mol. The van der Waals surface area contributed by atoms with E-state index in [2.05, 4.69) is 10.6 Å². The molecule has 3 aliphatic heterocycles. The lowest BCUT2D eigenvalue weighted by molar-refractivity contribution is -0.178. The van der Waals surface area contributed by atoms with E-state index in [0.29, 0.717) is 22.6 Å². The van der Waals surface area contributed by atoms with E-state index in [0.717, 1.165) is 9.80 Å². The first-order chi connectivity index (χ1) is 15.3. The minimum absolute atomic E-state index is 0.0346. The number of hydrogen-bond donors (Lipinski definition) is 2. The minimum atomic E-state index is -2.20. The number of nitrogens with zero attached hydrogens (tertiary/aromatic N) is 2. The smallest absolute Gasteiger partial charge is 0.358 e. The summed E-state index contributed by atoms with van der Waals surface area (Å²) in [6.45, 7) is 2.77. The van der Waals surface area contributed by atoms with Crippen molar-refractivity contribution in [3.63, 3.8) is 0 Å². The van der Waals surface area contributed by atoms with Crippen molar-refractivity contribution in [1.82, 2.24) is 20.4 Å². The molecule has 4 rings (SSSR count). The van der Waals surface area contributed by atoms with Crippen molar-refractivity contribution in [2.45, 2.75) is 38.3 Å². The number of rotatable bonds is 6. The molecule has 0 atom stereocenters. The zero-order chi connectivity index (χ0) is 23.3. The number of carbonyl (C=O) groups is 4. The number of urea groups is 2. The summed E-state index contributed by atoms with van der Waals surface area (Å²) >= 11 is 0. The molecule has 2 saturated heterocycles. The SMILES string of the molecule is CCOC(=O)C12NC(=O)N3Cc4c(OC)ccc(OC)c4CN(C(=O)N1)C32C(=O)OCC. The van der Waals surface area contributed by atoms with Crippen molar-refractivity contribution in [3.8, 4) is 11.5 Å². The Balaban J connectivity index is 2.01. The summed E-state index contributed by atoms with van der Waals surface area (Å²) in [6, 6.07) is 1.82. The van der Waals surface area contributed by atoms with Gasteiger partial charge in [0.05, 0.1) is 40.5 Å². The molecule has 172 valence electrons. The van der Waals surface area contributed by atoms with Crippen LogP contribution in [0.4, 0.5) is 9.59 Å². The third-order valence-electron chi connectivity index (χ3n) is 5.94. The fraction of sp³-hybridized carbons (Fsp3) is 0.500. The second-order valence-corrected chi connectivity index (χ2v) is 7.32. The molecule has 0 aromatic heterocycles. The predicted octanol–water partition coefficient (Wildman–Crippen LogP) is 0.287. The Morgan fingerprint density at radius 3 is 1.72 bits per heavy atom. The summed E-state index contributed by atoms with van der Waals surface area (Å²) in [6.07, 6.45) is 0. The van der Waals surface area contributed by atoms with Gasteiger partial charge in [0.1, 0.15) is 11.5 Å². The Hall–Kier alpha value is -3.70. The molecule has 1 aromatic carbocycles. The normalized spacial score (nSPS) is 25.2. The van der Waals surface area contributed by atoms with Gasteiger partial charge < -0.3 is 29.6 Å². The molecule has 3 heterocycles. The van der Waals surface area contributed by atoms with Crippen LogP contribution in [0.2, 0.25) is 0 Å². The Morgan fingerprint density at radius 1 is 0.875 bits per heavy atom. The molecule has 0 saturated carbocycles. The summed E-state index contributed by atoms with van der Waals surface area (Å²) in [5.74, 6) is -1.06. The van der Waals surface area contributed by atoms with Gasteiger partial charge in [-0.05, 0) is 26.0 Å². The Bertz CT molecular complexity index is 955. The standard InChI is InChI=1S/C20H24N4O8/c1-5-31-15(25)19-20(16(26)32-6-2)23(17(27)21-19)9-11-12(10-24(20)18(28)22-19)14(30-4)8-7-13(11)29-3/h7-8H,5-6,9-10H2,1-4H3,(H,21,27)(H,22,28). The number of esters is 2. The molecule has 3 aliphatic rings. The molecular formula is C20H24N4O8. The number of benzene rings is 1. The Labute approximate surface area is 183 Å². The lowest BCUT2D eigenvalue weighted by Gasteiger charge is -2.40. The number of methoxy groups -OCH3 is 2. The van der Waals surface area contributed by atoms with E-state index in [1.54, 1.807) is 26.0 Å². The van der Waals surface area contributed by atoms with Crippen LogP contribution in [0, 0.1) is 0 Å². The highest BCUT2D eigenvalue weighted by Crippen LogP contribution is 2.49. The largest absolute Gasteiger partial charge is 0.496 e. The van der Waals surface area contributed by atoms with Crippen LogP contribution in [0.15, 0.2) is 12.1 Å². The zero-order valence-corrected chi connectivity index (χ0v) is 18.1. The highest BCUT2D eigenvalue weighted by atomic mass is 16.5. The fourth-order valence-electron chi connectivity index (χ4n) is 4.66. The van der Waals surface area contributed by atoms with E-state index in [1.807, 2.05) is 0 Å². The second-order valence-electron chi connectivity index (χ2n) is 7.32. The maximum absolute atomic E-state index is 13.5. The van der Waals surface area contributed by atoms with E-state index < -0.39 is 35.3 Å². The van der Waals surface area contributed by atoms with Gasteiger partial charge >= 0.3 is 24.0 Å². The van der Waals surface area contributed by atoms with E-state index in [1.165, 1.54) is 14.2 Å². The van der Waals surface area contributed by atoms with Crippen LogP contribution in [0.5, 0.6) is 11.5 Å². The van der Waals surface area contributed by atoms with Gasteiger partial charge in [-0.15, -0.1) is 0 Å². The van der Waals surface area contributed by atoms with Crippen LogP contribution in [-0.4, -0.2) is 72.6 Å². The number of ether oxygens (including phenoxy) is 4. The molecule has 0 unspecified atom stereocenters. The molecular weight excluding hydrogens is 424 g/mol. The second kappa shape index (κ2) is 7.46. The van der Waals surface area contributed by atoms with Gasteiger partial charge in [-0.25, -0.2) is 19.2 Å². The molecule has 1 aromatic rings. The number of hydrogen-bond acceptors (Lipinski definition) is 8. The van der Waals surface area contributed by atoms with Crippen molar-refractivity contribution in [1.29, 1.82) is 0 Å². The van der Waals surface area contributed by atoms with E-state index >= 15 is 0 Å². The van der Waals surface area contributed by atoms with E-state index in [4.69, 9.17) is 18.9 Å². The highest BCUT2D eigenvalue weighted by molar-refractivity contribution is 6.09. The number of fused-ring (bicyclic) bond motifs is 1. The van der Waals surface area contributed by atoms with Crippen LogP contribution in [-0.2, 0) is 32.2 Å². The molecule has 0 aliphatic carbocycles. The van der Waals surface area contributed by atoms with Crippen LogP contribution in [0.3, 0.4) is 0 Å². The molecule has 12 heteroatoms. The molecule has 2 fully saturated rings. The third-order valence-corrected chi connectivity index (χ3v) is 5.94. The summed E-state index contributed by atoms with van der Waals surface area (Å²) in [7, 11) is 2.93. The van der Waals surface area contributed by atoms with Crippen LogP contribution >= 0.6 is 0 Å². The summed E-state index contributed by atoms with van der Waals surface area (Å²) in [4.78, 5) is 55.3. The average molecular weight is 448 g/mol. The molecule has 4 amide bonds. The summed E-state index contributed by atoms with van der Waals surface area (Å²) in [5.41, 5.74) is -3.30. The van der Waals surface area contributed by atoms with Crippen LogP contribution in [0.25, 0.3) is 0 Å². The Kier molecular flexibility index (Phi) is 5.02. The lowest BCUT2D eigenvalue weighted by atomic mass is 9.93. The van der Waals surface area contributed by atoms with Gasteiger partial charge in [0.25, 0.3) is 11.3 Å². The lowest BCUT2D eigenvalue weighted by Crippen LogP contribution is -2.74. The molecule has 0 radical (unpaired) electrons. The van der Waals surface area contributed by atoms with Crippen LogP contribution < -0.4 is 20.1 Å². The number of nitrogens with one attached hydrogen (secondary N) is 2. The molecule has 0 spiro atoms. The van der Waals surface area contributed by atoms with Gasteiger partial charge in [0.2, 0.25) is 0 Å². The van der Waals surface area contributed by atoms with Gasteiger partial charge in [0, 0.05) is 11.1 Å². The maximum atomic E-state index is 13.5. The quantitative estimate of drug-likeness (QED) is 0.593. The number of amides is 4. The molecule has 2 N–H and O–H groups in total. The Morgan fingerprint density at radius 2 is 1.31 bits per heavy atom. The highest BCUT2D eigenvalue weighted by Gasteiger charge is 2.82. The van der Waals surface area contributed by atoms with E-state index in [-0.39, 0.29) is 26.3 Å². The van der Waals surface area contributed by atoms with Gasteiger partial charge in [-0.3, -0.25) is 9.80 Å². The molecule has 12 nitrogen and oxygen atoms in total. The van der Waals surface area contributed by atoms with Crippen molar-refractivity contribution < 1.29 is 38.1 Å². The third kappa shape index (κ3) is 2.49. The van der Waals surface area contributed by atoms with Gasteiger partial charge in [-0.2, -0.15) is 0 Å². The van der Waals surface area contributed by atoms with Crippen molar-refractivity contribution in [2.75, 3.05) is 27.4 Å². The molecule has 0 bridgehead atoms. The fourth-order valence-corrected chi connectivity index (χ4v) is 4.66. The minimum Gasteiger partial charge on any atom is -0.496 e. The zero-order valence-electron chi connectivity index (χ0n) is 18.1. The monoisotopic (exact) mass is 448 g/mol. The maximum Gasteiger partial charge on any atom is 0.358 e. The number of carbonyl (C=O) groups excluding carboxylic acids is 4. The first kappa shape index (κ1) is 21.5. The summed E-state index contributed by atoms with van der Waals surface area (Å²) in [5, 5.41) is 4.97. The topological polar surface area (TPSA) is 136 Å². The molecule has 32 heavy (non-hydrogen) atoms.